The molecule has 4 heteroatoms. The maximum absolute atomic E-state index is 6.16. The van der Waals surface area contributed by atoms with E-state index in [1.807, 2.05) is 37.3 Å². The van der Waals surface area contributed by atoms with Crippen LogP contribution >= 0.6 is 11.6 Å². The average Bonchev–Trinajstić information content (AvgIpc) is 2.46. The predicted molar refractivity (Wildman–Crippen MR) is 77.2 cm³/mol. The maximum atomic E-state index is 6.16. The maximum Gasteiger partial charge on any atom is 0.136 e. The minimum atomic E-state index is 0.514. The zero-order valence-corrected chi connectivity index (χ0v) is 11.2. The molecule has 2 heterocycles. The van der Waals surface area contributed by atoms with Crippen LogP contribution in [0.2, 0.25) is 5.15 Å². The molecule has 0 fully saturated rings. The number of aromatic nitrogens is 3. The van der Waals surface area contributed by atoms with Crippen molar-refractivity contribution < 1.29 is 0 Å². The molecule has 0 unspecified atom stereocenters. The summed E-state index contributed by atoms with van der Waals surface area (Å²) in [4.78, 5) is 12.9. The van der Waals surface area contributed by atoms with E-state index in [-0.39, 0.29) is 0 Å². The summed E-state index contributed by atoms with van der Waals surface area (Å²) in [5.74, 6) is 0. The number of hydrogen-bond donors (Lipinski definition) is 0. The van der Waals surface area contributed by atoms with Crippen LogP contribution in [0.15, 0.2) is 42.9 Å². The van der Waals surface area contributed by atoms with Gasteiger partial charge < -0.3 is 0 Å². The van der Waals surface area contributed by atoms with E-state index in [1.165, 1.54) is 6.33 Å². The number of hydrogen-bond acceptors (Lipinski definition) is 3. The molecule has 0 saturated carbocycles. The lowest BCUT2D eigenvalue weighted by molar-refractivity contribution is 1.05. The van der Waals surface area contributed by atoms with E-state index in [0.29, 0.717) is 5.15 Å². The van der Waals surface area contributed by atoms with Gasteiger partial charge in [0.05, 0.1) is 11.2 Å². The van der Waals surface area contributed by atoms with E-state index in [2.05, 4.69) is 15.0 Å². The first-order valence-electron chi connectivity index (χ1n) is 6.14. The fourth-order valence-corrected chi connectivity index (χ4v) is 2.50. The molecular weight excluding hydrogens is 258 g/mol. The number of pyridine rings is 1. The molecular formula is C15H12ClN3. The fourth-order valence-electron chi connectivity index (χ4n) is 2.23. The van der Waals surface area contributed by atoms with Gasteiger partial charge in [-0.05, 0) is 12.5 Å². The minimum Gasteiger partial charge on any atom is -0.256 e. The quantitative estimate of drug-likeness (QED) is 0.662. The molecule has 0 amide bonds. The van der Waals surface area contributed by atoms with Crippen molar-refractivity contribution in [2.45, 2.75) is 13.3 Å². The summed E-state index contributed by atoms with van der Waals surface area (Å²) in [7, 11) is 0. The smallest absolute Gasteiger partial charge is 0.136 e. The Morgan fingerprint density at radius 1 is 1.05 bits per heavy atom. The van der Waals surface area contributed by atoms with Crippen LogP contribution in [0.3, 0.4) is 0 Å². The molecule has 0 N–H and O–H groups in total. The van der Waals surface area contributed by atoms with Crippen LogP contribution in [0.5, 0.6) is 0 Å². The monoisotopic (exact) mass is 269 g/mol. The Bertz CT molecular complexity index is 735. The van der Waals surface area contributed by atoms with E-state index >= 15 is 0 Å². The lowest BCUT2D eigenvalue weighted by atomic mass is 10.0. The summed E-state index contributed by atoms with van der Waals surface area (Å²) in [6, 6.07) is 10.0. The molecule has 19 heavy (non-hydrogen) atoms. The summed E-state index contributed by atoms with van der Waals surface area (Å²) in [6.07, 6.45) is 4.08. The van der Waals surface area contributed by atoms with Crippen molar-refractivity contribution >= 4 is 22.5 Å². The molecule has 2 aromatic heterocycles. The molecule has 3 aromatic rings. The van der Waals surface area contributed by atoms with Crippen molar-refractivity contribution in [2.75, 3.05) is 0 Å². The van der Waals surface area contributed by atoms with Gasteiger partial charge in [-0.3, -0.25) is 4.98 Å². The topological polar surface area (TPSA) is 38.7 Å². The number of para-hydroxylation sites is 1. The van der Waals surface area contributed by atoms with Crippen LogP contribution in [0.25, 0.3) is 22.2 Å². The summed E-state index contributed by atoms with van der Waals surface area (Å²) in [5, 5.41) is 1.61. The Balaban J connectivity index is 2.34. The predicted octanol–water partition coefficient (Wildman–Crippen LogP) is 3.91. The second-order valence-electron chi connectivity index (χ2n) is 4.23. The number of halogens is 1. The Morgan fingerprint density at radius 2 is 1.89 bits per heavy atom. The van der Waals surface area contributed by atoms with Crippen LogP contribution in [-0.4, -0.2) is 15.0 Å². The van der Waals surface area contributed by atoms with E-state index in [9.17, 15) is 0 Å². The first kappa shape index (κ1) is 12.1. The molecule has 0 aliphatic heterocycles. The molecule has 0 atom stereocenters. The van der Waals surface area contributed by atoms with Gasteiger partial charge in [-0.1, -0.05) is 42.8 Å². The lowest BCUT2D eigenvalue weighted by Gasteiger charge is -2.09. The third kappa shape index (κ3) is 2.06. The van der Waals surface area contributed by atoms with Gasteiger partial charge in [0.2, 0.25) is 0 Å². The summed E-state index contributed by atoms with van der Waals surface area (Å²) >= 11 is 6.16. The molecule has 0 aliphatic rings. The van der Waals surface area contributed by atoms with Gasteiger partial charge in [0.25, 0.3) is 0 Å². The van der Waals surface area contributed by atoms with Crippen LogP contribution in [0.4, 0.5) is 0 Å². The molecule has 0 radical (unpaired) electrons. The highest BCUT2D eigenvalue weighted by atomic mass is 35.5. The largest absolute Gasteiger partial charge is 0.256 e. The highest BCUT2D eigenvalue weighted by molar-refractivity contribution is 6.30. The summed E-state index contributed by atoms with van der Waals surface area (Å²) < 4.78 is 0. The Hall–Kier alpha value is -2.00. The number of rotatable bonds is 2. The Kier molecular flexibility index (Phi) is 3.13. The number of benzene rings is 1. The van der Waals surface area contributed by atoms with Crippen molar-refractivity contribution in [3.8, 4) is 11.3 Å². The zero-order chi connectivity index (χ0) is 13.2. The van der Waals surface area contributed by atoms with Gasteiger partial charge in [0.1, 0.15) is 11.5 Å². The van der Waals surface area contributed by atoms with E-state index < -0.39 is 0 Å². The van der Waals surface area contributed by atoms with E-state index in [0.717, 1.165) is 34.1 Å². The fraction of sp³-hybridized carbons (Fsp3) is 0.133. The molecule has 3 rings (SSSR count). The van der Waals surface area contributed by atoms with Crippen molar-refractivity contribution in [3.05, 3.63) is 53.6 Å². The third-order valence-electron chi connectivity index (χ3n) is 3.13. The van der Waals surface area contributed by atoms with Gasteiger partial charge in [0.15, 0.2) is 0 Å². The Labute approximate surface area is 116 Å². The van der Waals surface area contributed by atoms with Crippen molar-refractivity contribution in [2.24, 2.45) is 0 Å². The normalized spacial score (nSPS) is 10.8. The Morgan fingerprint density at radius 3 is 2.74 bits per heavy atom. The lowest BCUT2D eigenvalue weighted by Crippen LogP contribution is -1.96. The zero-order valence-electron chi connectivity index (χ0n) is 10.5. The molecule has 0 saturated heterocycles. The molecule has 94 valence electrons. The SMILES string of the molecule is CCc1c(Cl)ncnc1-c1cccc2cccnc12. The van der Waals surface area contributed by atoms with Crippen LogP contribution in [0.1, 0.15) is 12.5 Å². The van der Waals surface area contributed by atoms with Gasteiger partial charge in [-0.25, -0.2) is 9.97 Å². The van der Waals surface area contributed by atoms with Gasteiger partial charge in [-0.15, -0.1) is 0 Å². The van der Waals surface area contributed by atoms with Crippen LogP contribution < -0.4 is 0 Å². The van der Waals surface area contributed by atoms with Gasteiger partial charge in [-0.2, -0.15) is 0 Å². The number of fused-ring (bicyclic) bond motifs is 1. The third-order valence-corrected chi connectivity index (χ3v) is 3.46. The molecule has 0 aliphatic carbocycles. The number of nitrogens with zero attached hydrogens (tertiary/aromatic N) is 3. The van der Waals surface area contributed by atoms with E-state index in [1.54, 1.807) is 6.20 Å². The van der Waals surface area contributed by atoms with Gasteiger partial charge in [0, 0.05) is 22.7 Å². The first-order chi connectivity index (χ1) is 9.31. The molecule has 0 spiro atoms. The minimum absolute atomic E-state index is 0.514. The van der Waals surface area contributed by atoms with E-state index in [4.69, 9.17) is 11.6 Å². The van der Waals surface area contributed by atoms with Crippen molar-refractivity contribution in [3.63, 3.8) is 0 Å². The average molecular weight is 270 g/mol. The highest BCUT2D eigenvalue weighted by Crippen LogP contribution is 2.30. The van der Waals surface area contributed by atoms with Crippen molar-refractivity contribution in [1.82, 2.24) is 15.0 Å². The molecule has 3 nitrogen and oxygen atoms in total. The first-order valence-corrected chi connectivity index (χ1v) is 6.52. The second kappa shape index (κ2) is 4.94. The van der Waals surface area contributed by atoms with Crippen LogP contribution in [-0.2, 0) is 6.42 Å². The van der Waals surface area contributed by atoms with Crippen LogP contribution in [0, 0.1) is 0 Å². The standard InChI is InChI=1S/C15H12ClN3/c1-2-11-14(18-9-19-15(11)16)12-7-3-5-10-6-4-8-17-13(10)12/h3-9H,2H2,1H3. The van der Waals surface area contributed by atoms with Gasteiger partial charge >= 0.3 is 0 Å². The summed E-state index contributed by atoms with van der Waals surface area (Å²) in [6.45, 7) is 2.05. The molecule has 0 bridgehead atoms. The van der Waals surface area contributed by atoms with Crippen molar-refractivity contribution in [1.29, 1.82) is 0 Å². The second-order valence-corrected chi connectivity index (χ2v) is 4.58. The summed E-state index contributed by atoms with van der Waals surface area (Å²) in [5.41, 5.74) is 3.77. The highest BCUT2D eigenvalue weighted by Gasteiger charge is 2.13. The molecule has 1 aromatic carbocycles.